The van der Waals surface area contributed by atoms with Crippen molar-refractivity contribution in [2.24, 2.45) is 11.8 Å². The first-order valence-corrected chi connectivity index (χ1v) is 12.2. The molecule has 0 radical (unpaired) electrons. The summed E-state index contributed by atoms with van der Waals surface area (Å²) in [6.45, 7) is 0.748. The van der Waals surface area contributed by atoms with Gasteiger partial charge in [-0.05, 0) is 47.4 Å². The summed E-state index contributed by atoms with van der Waals surface area (Å²) in [5.41, 5.74) is 4.66. The molecule has 1 heterocycles. The van der Waals surface area contributed by atoms with Crippen molar-refractivity contribution < 1.29 is 29.0 Å². The van der Waals surface area contributed by atoms with Crippen molar-refractivity contribution in [2.75, 3.05) is 19.8 Å². The fourth-order valence-electron chi connectivity index (χ4n) is 5.20. The van der Waals surface area contributed by atoms with E-state index in [9.17, 15) is 14.4 Å². The number of hydrogen-bond acceptors (Lipinski definition) is 5. The molecule has 3 N–H and O–H groups in total. The molecule has 2 aromatic carbocycles. The van der Waals surface area contributed by atoms with Gasteiger partial charge in [-0.15, -0.1) is 0 Å². The standard InChI is InChI=1S/C27H30N2O6/c30-25(31)12-24(16-9-10-16)29-26(32)17-11-18(34-14-17)13-28-27(33)35-15-23-21-7-3-1-5-19(21)20-6-2-4-8-22(20)23/h1-8,16-18,23-24H,9-15H2,(H,28,33)(H,29,32)(H,30,31). The topological polar surface area (TPSA) is 114 Å². The molecule has 3 unspecified atom stereocenters. The number of amides is 2. The molecule has 3 aliphatic rings. The van der Waals surface area contributed by atoms with Gasteiger partial charge in [-0.1, -0.05) is 48.5 Å². The quantitative estimate of drug-likeness (QED) is 0.510. The van der Waals surface area contributed by atoms with E-state index in [4.69, 9.17) is 14.6 Å². The van der Waals surface area contributed by atoms with Crippen LogP contribution in [0.1, 0.15) is 42.7 Å². The Hall–Kier alpha value is -3.39. The highest BCUT2D eigenvalue weighted by Crippen LogP contribution is 2.44. The van der Waals surface area contributed by atoms with Gasteiger partial charge in [-0.3, -0.25) is 9.59 Å². The summed E-state index contributed by atoms with van der Waals surface area (Å²) in [6, 6.07) is 16.0. The molecule has 0 bridgehead atoms. The van der Waals surface area contributed by atoms with E-state index in [2.05, 4.69) is 34.9 Å². The van der Waals surface area contributed by atoms with Crippen LogP contribution in [0.15, 0.2) is 48.5 Å². The third-order valence-electron chi connectivity index (χ3n) is 7.18. The van der Waals surface area contributed by atoms with E-state index in [1.54, 1.807) is 0 Å². The SMILES string of the molecule is O=C(O)CC(NC(=O)C1COC(CNC(=O)OCC2c3ccccc3-c3ccccc32)C1)C1CC1. The fourth-order valence-corrected chi connectivity index (χ4v) is 5.20. The molecule has 184 valence electrons. The normalized spacial score (nSPS) is 21.6. The van der Waals surface area contributed by atoms with E-state index >= 15 is 0 Å². The molecule has 2 aliphatic carbocycles. The van der Waals surface area contributed by atoms with Gasteiger partial charge in [0.2, 0.25) is 5.91 Å². The summed E-state index contributed by atoms with van der Waals surface area (Å²) in [4.78, 5) is 36.1. The molecule has 3 atom stereocenters. The van der Waals surface area contributed by atoms with Gasteiger partial charge < -0.3 is 25.2 Å². The van der Waals surface area contributed by atoms with E-state index in [1.165, 1.54) is 11.1 Å². The van der Waals surface area contributed by atoms with Gasteiger partial charge in [0.25, 0.3) is 0 Å². The number of fused-ring (bicyclic) bond motifs is 3. The van der Waals surface area contributed by atoms with Crippen LogP contribution in [0, 0.1) is 11.8 Å². The number of carboxylic acid groups (broad SMARTS) is 1. The smallest absolute Gasteiger partial charge is 0.407 e. The van der Waals surface area contributed by atoms with Gasteiger partial charge in [0.1, 0.15) is 6.61 Å². The minimum atomic E-state index is -0.907. The first-order chi connectivity index (χ1) is 17.0. The largest absolute Gasteiger partial charge is 0.481 e. The van der Waals surface area contributed by atoms with Crippen LogP contribution in [-0.2, 0) is 19.1 Å². The number of nitrogens with one attached hydrogen (secondary N) is 2. The van der Waals surface area contributed by atoms with E-state index in [-0.39, 0.29) is 62.0 Å². The monoisotopic (exact) mass is 478 g/mol. The predicted octanol–water partition coefficient (Wildman–Crippen LogP) is 3.30. The lowest BCUT2D eigenvalue weighted by Gasteiger charge is -2.18. The van der Waals surface area contributed by atoms with Crippen LogP contribution in [0.4, 0.5) is 4.79 Å². The van der Waals surface area contributed by atoms with Crippen LogP contribution < -0.4 is 10.6 Å². The number of hydrogen-bond donors (Lipinski definition) is 3. The maximum Gasteiger partial charge on any atom is 0.407 e. The van der Waals surface area contributed by atoms with Crippen LogP contribution in [0.2, 0.25) is 0 Å². The predicted molar refractivity (Wildman–Crippen MR) is 128 cm³/mol. The number of aliphatic carboxylic acids is 1. The molecule has 5 rings (SSSR count). The van der Waals surface area contributed by atoms with Crippen LogP contribution in [0.25, 0.3) is 11.1 Å². The zero-order valence-electron chi connectivity index (χ0n) is 19.4. The first kappa shape index (κ1) is 23.4. The number of benzene rings is 2. The van der Waals surface area contributed by atoms with Crippen LogP contribution in [-0.4, -0.2) is 55.0 Å². The number of carboxylic acids is 1. The molecule has 1 saturated heterocycles. The van der Waals surface area contributed by atoms with Crippen molar-refractivity contribution in [3.05, 3.63) is 59.7 Å². The van der Waals surface area contributed by atoms with Crippen LogP contribution in [0.5, 0.6) is 0 Å². The summed E-state index contributed by atoms with van der Waals surface area (Å²) < 4.78 is 11.3. The zero-order valence-corrected chi connectivity index (χ0v) is 19.4. The van der Waals surface area contributed by atoms with Gasteiger partial charge in [-0.25, -0.2) is 4.79 Å². The number of carbonyl (C=O) groups excluding carboxylic acids is 2. The second-order valence-electron chi connectivity index (χ2n) is 9.64. The molecule has 0 aromatic heterocycles. The maximum atomic E-state index is 12.6. The second kappa shape index (κ2) is 10.1. The minimum absolute atomic E-state index is 0.00540. The lowest BCUT2D eigenvalue weighted by Crippen LogP contribution is -2.41. The summed E-state index contributed by atoms with van der Waals surface area (Å²) in [5, 5.41) is 14.7. The number of rotatable bonds is 9. The highest BCUT2D eigenvalue weighted by atomic mass is 16.5. The Morgan fingerprint density at radius 3 is 2.31 bits per heavy atom. The van der Waals surface area contributed by atoms with E-state index in [0.29, 0.717) is 6.42 Å². The summed E-state index contributed by atoms with van der Waals surface area (Å²) in [6.07, 6.45) is 1.51. The van der Waals surface area contributed by atoms with Crippen molar-refractivity contribution in [1.29, 1.82) is 0 Å². The first-order valence-electron chi connectivity index (χ1n) is 12.2. The Balaban J connectivity index is 1.08. The van der Waals surface area contributed by atoms with Crippen molar-refractivity contribution in [2.45, 2.75) is 43.7 Å². The van der Waals surface area contributed by atoms with E-state index < -0.39 is 12.1 Å². The van der Waals surface area contributed by atoms with Crippen molar-refractivity contribution in [3.8, 4) is 11.1 Å². The summed E-state index contributed by atoms with van der Waals surface area (Å²) in [5.74, 6) is -1.18. The Kier molecular flexibility index (Phi) is 6.72. The van der Waals surface area contributed by atoms with Gasteiger partial charge in [-0.2, -0.15) is 0 Å². The molecular weight excluding hydrogens is 448 g/mol. The molecular formula is C27H30N2O6. The lowest BCUT2D eigenvalue weighted by molar-refractivity contribution is -0.138. The Morgan fingerprint density at radius 2 is 1.69 bits per heavy atom. The van der Waals surface area contributed by atoms with Gasteiger partial charge >= 0.3 is 12.1 Å². The molecule has 1 saturated carbocycles. The molecule has 2 fully saturated rings. The van der Waals surface area contributed by atoms with Gasteiger partial charge in [0.15, 0.2) is 0 Å². The Morgan fingerprint density at radius 1 is 1.03 bits per heavy atom. The molecule has 35 heavy (non-hydrogen) atoms. The molecule has 2 amide bonds. The van der Waals surface area contributed by atoms with Crippen molar-refractivity contribution in [3.63, 3.8) is 0 Å². The summed E-state index contributed by atoms with van der Waals surface area (Å²) in [7, 11) is 0. The Bertz CT molecular complexity index is 1070. The van der Waals surface area contributed by atoms with E-state index in [1.807, 2.05) is 24.3 Å². The van der Waals surface area contributed by atoms with Gasteiger partial charge in [0.05, 0.1) is 25.0 Å². The highest BCUT2D eigenvalue weighted by Gasteiger charge is 2.37. The molecule has 1 aliphatic heterocycles. The third-order valence-corrected chi connectivity index (χ3v) is 7.18. The zero-order chi connectivity index (χ0) is 24.4. The third kappa shape index (κ3) is 5.32. The number of ether oxygens (including phenoxy) is 2. The average Bonchev–Trinajstić information content (AvgIpc) is 3.51. The van der Waals surface area contributed by atoms with Crippen molar-refractivity contribution in [1.82, 2.24) is 10.6 Å². The average molecular weight is 479 g/mol. The van der Waals surface area contributed by atoms with Gasteiger partial charge in [0, 0.05) is 18.5 Å². The highest BCUT2D eigenvalue weighted by molar-refractivity contribution is 5.80. The molecule has 0 spiro atoms. The van der Waals surface area contributed by atoms with Crippen LogP contribution >= 0.6 is 0 Å². The lowest BCUT2D eigenvalue weighted by atomic mass is 9.98. The molecule has 2 aromatic rings. The maximum absolute atomic E-state index is 12.6. The molecule has 8 nitrogen and oxygen atoms in total. The van der Waals surface area contributed by atoms with Crippen LogP contribution in [0.3, 0.4) is 0 Å². The number of alkyl carbamates (subject to hydrolysis) is 1. The van der Waals surface area contributed by atoms with Crippen molar-refractivity contribution >= 4 is 18.0 Å². The number of carbonyl (C=O) groups is 3. The minimum Gasteiger partial charge on any atom is -0.481 e. The van der Waals surface area contributed by atoms with E-state index in [0.717, 1.165) is 24.0 Å². The fraction of sp³-hybridized carbons (Fsp3) is 0.444. The second-order valence-corrected chi connectivity index (χ2v) is 9.64. The Labute approximate surface area is 204 Å². The summed E-state index contributed by atoms with van der Waals surface area (Å²) >= 11 is 0. The molecule has 8 heteroatoms.